The lowest BCUT2D eigenvalue weighted by molar-refractivity contribution is 0.214. The molecule has 1 fully saturated rings. The van der Waals surface area contributed by atoms with E-state index >= 15 is 0 Å². The molecule has 0 N–H and O–H groups in total. The fourth-order valence-electron chi connectivity index (χ4n) is 6.87. The van der Waals surface area contributed by atoms with Crippen LogP contribution < -0.4 is 14.2 Å². The van der Waals surface area contributed by atoms with Crippen LogP contribution in [0.5, 0.6) is 17.2 Å². The predicted molar refractivity (Wildman–Crippen MR) is 200 cm³/mol. The highest BCUT2D eigenvalue weighted by Crippen LogP contribution is 2.37. The maximum Gasteiger partial charge on any atom is 0.120 e. The van der Waals surface area contributed by atoms with Crippen molar-refractivity contribution in [3.8, 4) is 28.5 Å². The number of rotatable bonds is 13. The van der Waals surface area contributed by atoms with Gasteiger partial charge in [-0.1, -0.05) is 97.8 Å². The largest absolute Gasteiger partial charge is 0.492 e. The van der Waals surface area contributed by atoms with Crippen molar-refractivity contribution in [1.82, 2.24) is 9.47 Å². The summed E-state index contributed by atoms with van der Waals surface area (Å²) in [5.41, 5.74) is 8.22. The van der Waals surface area contributed by atoms with Gasteiger partial charge in [-0.05, 0) is 97.6 Å². The van der Waals surface area contributed by atoms with Crippen LogP contribution in [0.1, 0.15) is 47.9 Å². The van der Waals surface area contributed by atoms with Gasteiger partial charge >= 0.3 is 0 Å². The molecular weight excluding hydrogens is 604 g/mol. The van der Waals surface area contributed by atoms with E-state index in [4.69, 9.17) is 14.2 Å². The zero-order chi connectivity index (χ0) is 33.3. The van der Waals surface area contributed by atoms with E-state index in [1.807, 2.05) is 42.5 Å². The van der Waals surface area contributed by atoms with E-state index < -0.39 is 0 Å². The Morgan fingerprint density at radius 1 is 0.551 bits per heavy atom. The molecule has 6 aromatic rings. The SMILES string of the molecule is Cc1c(-c2cccc(OCc3ccccc3)c2)n(Cc2ccc(OCCN3CCCCCC3)cc2)c2ccc(OCc3ccccc3)cc12. The predicted octanol–water partition coefficient (Wildman–Crippen LogP) is 10.1. The molecule has 7 rings (SSSR count). The van der Waals surface area contributed by atoms with Crippen LogP contribution >= 0.6 is 0 Å². The lowest BCUT2D eigenvalue weighted by Gasteiger charge is -2.19. The maximum atomic E-state index is 6.27. The minimum Gasteiger partial charge on any atom is -0.492 e. The summed E-state index contributed by atoms with van der Waals surface area (Å²) in [5, 5.41) is 1.18. The molecule has 1 aromatic heterocycles. The molecule has 0 atom stereocenters. The first-order valence-electron chi connectivity index (χ1n) is 17.7. The van der Waals surface area contributed by atoms with E-state index in [0.717, 1.165) is 53.6 Å². The lowest BCUT2D eigenvalue weighted by Crippen LogP contribution is -2.29. The van der Waals surface area contributed by atoms with E-state index in [0.29, 0.717) is 13.2 Å². The first-order valence-corrected chi connectivity index (χ1v) is 17.7. The molecule has 0 radical (unpaired) electrons. The second-order valence-electron chi connectivity index (χ2n) is 13.1. The van der Waals surface area contributed by atoms with Gasteiger partial charge in [-0.25, -0.2) is 0 Å². The van der Waals surface area contributed by atoms with Crippen molar-refractivity contribution in [3.63, 3.8) is 0 Å². The topological polar surface area (TPSA) is 35.9 Å². The number of nitrogens with zero attached hydrogens (tertiary/aromatic N) is 2. The van der Waals surface area contributed by atoms with Crippen LogP contribution in [-0.2, 0) is 19.8 Å². The number of hydrogen-bond donors (Lipinski definition) is 0. The Balaban J connectivity index is 1.14. The molecule has 5 aromatic carbocycles. The third-order valence-corrected chi connectivity index (χ3v) is 9.53. The average Bonchev–Trinajstić information content (AvgIpc) is 3.27. The summed E-state index contributed by atoms with van der Waals surface area (Å²) in [5.74, 6) is 2.65. The van der Waals surface area contributed by atoms with Crippen molar-refractivity contribution >= 4 is 10.9 Å². The third kappa shape index (κ3) is 8.36. The molecule has 5 heteroatoms. The number of aromatic nitrogens is 1. The van der Waals surface area contributed by atoms with Crippen molar-refractivity contribution in [3.05, 3.63) is 150 Å². The number of hydrogen-bond acceptors (Lipinski definition) is 4. The second kappa shape index (κ2) is 15.9. The van der Waals surface area contributed by atoms with Crippen LogP contribution in [0.4, 0.5) is 0 Å². The Bertz CT molecular complexity index is 1930. The van der Waals surface area contributed by atoms with Gasteiger partial charge in [0.2, 0.25) is 0 Å². The molecule has 0 aliphatic carbocycles. The molecule has 1 aliphatic rings. The highest BCUT2D eigenvalue weighted by molar-refractivity contribution is 5.92. The maximum absolute atomic E-state index is 6.27. The highest BCUT2D eigenvalue weighted by Gasteiger charge is 2.18. The number of benzene rings is 5. The first kappa shape index (κ1) is 32.5. The molecule has 5 nitrogen and oxygen atoms in total. The van der Waals surface area contributed by atoms with Crippen LogP contribution in [0.2, 0.25) is 0 Å². The number of ether oxygens (including phenoxy) is 3. The molecule has 49 heavy (non-hydrogen) atoms. The summed E-state index contributed by atoms with van der Waals surface area (Å²) in [7, 11) is 0. The average molecular weight is 651 g/mol. The van der Waals surface area contributed by atoms with Gasteiger partial charge in [0.05, 0.1) is 5.69 Å². The zero-order valence-corrected chi connectivity index (χ0v) is 28.5. The summed E-state index contributed by atoms with van der Waals surface area (Å²) < 4.78 is 21.1. The monoisotopic (exact) mass is 650 g/mol. The minimum atomic E-state index is 0.529. The molecule has 0 amide bonds. The first-order chi connectivity index (χ1) is 24.2. The van der Waals surface area contributed by atoms with Gasteiger partial charge in [0, 0.05) is 29.6 Å². The van der Waals surface area contributed by atoms with E-state index in [1.165, 1.54) is 66.5 Å². The fourth-order valence-corrected chi connectivity index (χ4v) is 6.87. The Morgan fingerprint density at radius 2 is 1.18 bits per heavy atom. The summed E-state index contributed by atoms with van der Waals surface area (Å²) in [6.07, 6.45) is 5.31. The number of fused-ring (bicyclic) bond motifs is 1. The summed E-state index contributed by atoms with van der Waals surface area (Å²) in [6, 6.07) is 44.2. The fraction of sp³-hybridized carbons (Fsp3) is 0.273. The molecule has 0 bridgehead atoms. The van der Waals surface area contributed by atoms with E-state index in [1.54, 1.807) is 0 Å². The molecule has 0 unspecified atom stereocenters. The van der Waals surface area contributed by atoms with E-state index in [9.17, 15) is 0 Å². The van der Waals surface area contributed by atoms with Gasteiger partial charge < -0.3 is 18.8 Å². The Labute approximate surface area is 290 Å². The molecule has 2 heterocycles. The molecule has 1 aliphatic heterocycles. The van der Waals surface area contributed by atoms with Gasteiger partial charge in [-0.15, -0.1) is 0 Å². The van der Waals surface area contributed by atoms with Crippen molar-refractivity contribution < 1.29 is 14.2 Å². The highest BCUT2D eigenvalue weighted by atomic mass is 16.5. The molecule has 250 valence electrons. The second-order valence-corrected chi connectivity index (χ2v) is 13.1. The summed E-state index contributed by atoms with van der Waals surface area (Å²) in [6.45, 7) is 8.11. The van der Waals surface area contributed by atoms with E-state index in [-0.39, 0.29) is 0 Å². The third-order valence-electron chi connectivity index (χ3n) is 9.53. The Hall–Kier alpha value is -5.00. The minimum absolute atomic E-state index is 0.529. The van der Waals surface area contributed by atoms with E-state index in [2.05, 4.69) is 101 Å². The van der Waals surface area contributed by atoms with Crippen LogP contribution in [0, 0.1) is 6.92 Å². The van der Waals surface area contributed by atoms with Crippen LogP contribution in [0.25, 0.3) is 22.2 Å². The van der Waals surface area contributed by atoms with Crippen molar-refractivity contribution in [2.45, 2.75) is 52.4 Å². The summed E-state index contributed by atoms with van der Waals surface area (Å²) >= 11 is 0. The molecular formula is C44H46N2O3. The Morgan fingerprint density at radius 3 is 1.86 bits per heavy atom. The normalized spacial score (nSPS) is 13.7. The van der Waals surface area contributed by atoms with Gasteiger partial charge in [0.1, 0.15) is 37.1 Å². The van der Waals surface area contributed by atoms with Crippen molar-refractivity contribution in [1.29, 1.82) is 0 Å². The van der Waals surface area contributed by atoms with Crippen LogP contribution in [0.15, 0.2) is 127 Å². The number of likely N-dealkylation sites (tertiary alicyclic amines) is 1. The van der Waals surface area contributed by atoms with Gasteiger partial charge in [-0.3, -0.25) is 4.90 Å². The lowest BCUT2D eigenvalue weighted by atomic mass is 10.1. The quantitative estimate of drug-likeness (QED) is 0.125. The van der Waals surface area contributed by atoms with Crippen molar-refractivity contribution in [2.24, 2.45) is 0 Å². The van der Waals surface area contributed by atoms with Crippen LogP contribution in [0.3, 0.4) is 0 Å². The van der Waals surface area contributed by atoms with Gasteiger partial charge in [-0.2, -0.15) is 0 Å². The summed E-state index contributed by atoms with van der Waals surface area (Å²) in [4.78, 5) is 2.54. The zero-order valence-electron chi connectivity index (χ0n) is 28.5. The van der Waals surface area contributed by atoms with Gasteiger partial charge in [0.25, 0.3) is 0 Å². The smallest absolute Gasteiger partial charge is 0.120 e. The van der Waals surface area contributed by atoms with Crippen LogP contribution in [-0.4, -0.2) is 35.7 Å². The number of aryl methyl sites for hydroxylation is 1. The molecule has 0 spiro atoms. The molecule has 0 saturated carbocycles. The Kier molecular flexibility index (Phi) is 10.6. The molecule has 1 saturated heterocycles. The standard InChI is InChI=1S/C44H46N2O3/c1-34-42-30-41(49-33-37-15-8-5-9-16-37)23-24-43(42)46(44(34)38-17-12-18-40(29-38)48-32-36-13-6-4-7-14-36)31-35-19-21-39(22-20-35)47-28-27-45-25-10-2-3-11-26-45/h4-9,12-24,29-30H,2-3,10-11,25-28,31-33H2,1H3. The van der Waals surface area contributed by atoms with Crippen molar-refractivity contribution in [2.75, 3.05) is 26.2 Å². The van der Waals surface area contributed by atoms with Gasteiger partial charge in [0.15, 0.2) is 0 Å².